The lowest BCUT2D eigenvalue weighted by Gasteiger charge is -2.26. The van der Waals surface area contributed by atoms with Crippen LogP contribution in [0.15, 0.2) is 42.6 Å². The zero-order valence-corrected chi connectivity index (χ0v) is 14.5. The monoisotopic (exact) mass is 343 g/mol. The van der Waals surface area contributed by atoms with Gasteiger partial charge < -0.3 is 10.1 Å². The smallest absolute Gasteiger partial charge is 0.320 e. The quantitative estimate of drug-likeness (QED) is 0.841. The second kappa shape index (κ2) is 8.64. The number of benzene rings is 1. The normalized spacial score (nSPS) is 16.4. The summed E-state index contributed by atoms with van der Waals surface area (Å²) in [6.07, 6.45) is 1.70. The van der Waals surface area contributed by atoms with Gasteiger partial charge in [-0.2, -0.15) is 5.10 Å². The van der Waals surface area contributed by atoms with Crippen molar-refractivity contribution in [2.75, 3.05) is 44.7 Å². The number of carbonyl (C=O) groups excluding carboxylic acids is 1. The van der Waals surface area contributed by atoms with Crippen LogP contribution in [0, 0.1) is 0 Å². The number of rotatable bonds is 6. The molecule has 1 aromatic heterocycles. The highest BCUT2D eigenvalue weighted by Gasteiger charge is 2.14. The number of urea groups is 1. The van der Waals surface area contributed by atoms with Gasteiger partial charge in [0.1, 0.15) is 5.82 Å². The summed E-state index contributed by atoms with van der Waals surface area (Å²) >= 11 is 0. The van der Waals surface area contributed by atoms with Crippen molar-refractivity contribution < 1.29 is 9.53 Å². The number of carbonyl (C=O) groups is 1. The first-order chi connectivity index (χ1) is 12.2. The zero-order chi connectivity index (χ0) is 17.5. The number of amides is 2. The van der Waals surface area contributed by atoms with Crippen molar-refractivity contribution in [1.29, 1.82) is 0 Å². The maximum atomic E-state index is 12.2. The predicted molar refractivity (Wildman–Crippen MR) is 96.8 cm³/mol. The minimum atomic E-state index is -0.213. The third-order valence-corrected chi connectivity index (χ3v) is 4.38. The molecule has 0 spiro atoms. The van der Waals surface area contributed by atoms with Gasteiger partial charge >= 0.3 is 6.03 Å². The average molecular weight is 343 g/mol. The molecule has 2 aromatic rings. The second-order valence-electron chi connectivity index (χ2n) is 6.08. The van der Waals surface area contributed by atoms with E-state index in [1.165, 1.54) is 0 Å². The van der Waals surface area contributed by atoms with Crippen molar-refractivity contribution in [2.24, 2.45) is 0 Å². The van der Waals surface area contributed by atoms with Crippen LogP contribution in [0.25, 0.3) is 0 Å². The van der Waals surface area contributed by atoms with E-state index in [4.69, 9.17) is 4.74 Å². The van der Waals surface area contributed by atoms with Crippen LogP contribution in [0.3, 0.4) is 0 Å². The lowest BCUT2D eigenvalue weighted by Crippen LogP contribution is -2.42. The van der Waals surface area contributed by atoms with Crippen molar-refractivity contribution in [3.05, 3.63) is 48.2 Å². The summed E-state index contributed by atoms with van der Waals surface area (Å²) in [5.41, 5.74) is 1.14. The first kappa shape index (κ1) is 17.4. The summed E-state index contributed by atoms with van der Waals surface area (Å²) in [7, 11) is 0. The SMILES string of the molecule is C[C@@H](c1ccccc1)n1nccc1NC(=O)NCCN1CCOCC1. The maximum Gasteiger partial charge on any atom is 0.320 e. The van der Waals surface area contributed by atoms with Crippen LogP contribution in [-0.4, -0.2) is 60.1 Å². The fraction of sp³-hybridized carbons (Fsp3) is 0.444. The molecule has 2 heterocycles. The Morgan fingerprint density at radius 2 is 2.00 bits per heavy atom. The molecule has 0 bridgehead atoms. The molecule has 0 aliphatic carbocycles. The average Bonchev–Trinajstić information content (AvgIpc) is 3.10. The van der Waals surface area contributed by atoms with Gasteiger partial charge in [0.25, 0.3) is 0 Å². The van der Waals surface area contributed by atoms with Gasteiger partial charge in [0, 0.05) is 32.2 Å². The summed E-state index contributed by atoms with van der Waals surface area (Å²) in [4.78, 5) is 14.4. The Kier molecular flexibility index (Phi) is 6.03. The zero-order valence-electron chi connectivity index (χ0n) is 14.5. The minimum Gasteiger partial charge on any atom is -0.379 e. The van der Waals surface area contributed by atoms with E-state index in [9.17, 15) is 4.79 Å². The third kappa shape index (κ3) is 4.80. The van der Waals surface area contributed by atoms with Crippen LogP contribution in [-0.2, 0) is 4.74 Å². The molecular weight excluding hydrogens is 318 g/mol. The molecule has 0 radical (unpaired) electrons. The maximum absolute atomic E-state index is 12.2. The predicted octanol–water partition coefficient (Wildman–Crippen LogP) is 1.95. The van der Waals surface area contributed by atoms with E-state index in [-0.39, 0.29) is 12.1 Å². The summed E-state index contributed by atoms with van der Waals surface area (Å²) in [6, 6.07) is 11.7. The molecule has 1 aliphatic rings. The van der Waals surface area contributed by atoms with E-state index >= 15 is 0 Å². The first-order valence-corrected chi connectivity index (χ1v) is 8.67. The molecule has 7 heteroatoms. The highest BCUT2D eigenvalue weighted by Crippen LogP contribution is 2.21. The Hall–Kier alpha value is -2.38. The van der Waals surface area contributed by atoms with Crippen LogP contribution >= 0.6 is 0 Å². The molecule has 3 rings (SSSR count). The van der Waals surface area contributed by atoms with Gasteiger partial charge in [-0.15, -0.1) is 0 Å². The Labute approximate surface area is 148 Å². The number of nitrogens with zero attached hydrogens (tertiary/aromatic N) is 3. The van der Waals surface area contributed by atoms with Crippen molar-refractivity contribution >= 4 is 11.8 Å². The highest BCUT2D eigenvalue weighted by atomic mass is 16.5. The largest absolute Gasteiger partial charge is 0.379 e. The first-order valence-electron chi connectivity index (χ1n) is 8.67. The van der Waals surface area contributed by atoms with Crippen LogP contribution in [0.5, 0.6) is 0 Å². The second-order valence-corrected chi connectivity index (χ2v) is 6.08. The van der Waals surface area contributed by atoms with E-state index < -0.39 is 0 Å². The molecule has 1 aliphatic heterocycles. The van der Waals surface area contributed by atoms with Crippen molar-refractivity contribution in [3.63, 3.8) is 0 Å². The summed E-state index contributed by atoms with van der Waals surface area (Å²) in [6.45, 7) is 6.87. The van der Waals surface area contributed by atoms with Gasteiger partial charge in [-0.05, 0) is 12.5 Å². The molecule has 1 saturated heterocycles. The molecule has 0 unspecified atom stereocenters. The van der Waals surface area contributed by atoms with Crippen LogP contribution in [0.4, 0.5) is 10.6 Å². The summed E-state index contributed by atoms with van der Waals surface area (Å²) in [5, 5.41) is 10.1. The van der Waals surface area contributed by atoms with E-state index in [0.717, 1.165) is 38.4 Å². The van der Waals surface area contributed by atoms with Crippen LogP contribution in [0.1, 0.15) is 18.5 Å². The molecule has 134 valence electrons. The van der Waals surface area contributed by atoms with Crippen LogP contribution < -0.4 is 10.6 Å². The lowest BCUT2D eigenvalue weighted by atomic mass is 10.1. The van der Waals surface area contributed by atoms with Gasteiger partial charge in [-0.25, -0.2) is 9.48 Å². The van der Waals surface area contributed by atoms with Gasteiger partial charge in [0.05, 0.1) is 25.5 Å². The molecule has 25 heavy (non-hydrogen) atoms. The van der Waals surface area contributed by atoms with E-state index in [2.05, 4.69) is 39.7 Å². The van der Waals surface area contributed by atoms with Gasteiger partial charge in [0.2, 0.25) is 0 Å². The minimum absolute atomic E-state index is 0.0415. The van der Waals surface area contributed by atoms with Crippen molar-refractivity contribution in [3.8, 4) is 0 Å². The molecule has 0 saturated carbocycles. The number of ether oxygens (including phenoxy) is 1. The van der Waals surface area contributed by atoms with Crippen LogP contribution in [0.2, 0.25) is 0 Å². The molecular formula is C18H25N5O2. The number of anilines is 1. The van der Waals surface area contributed by atoms with Gasteiger partial charge in [-0.1, -0.05) is 30.3 Å². The standard InChI is InChI=1S/C18H25N5O2/c1-15(16-5-3-2-4-6-16)23-17(7-8-20-23)21-18(24)19-9-10-22-11-13-25-14-12-22/h2-8,15H,9-14H2,1H3,(H2,19,21,24)/t15-/m0/s1. The fourth-order valence-corrected chi connectivity index (χ4v) is 2.91. The lowest BCUT2D eigenvalue weighted by molar-refractivity contribution is 0.0388. The number of morpholine rings is 1. The molecule has 7 nitrogen and oxygen atoms in total. The molecule has 2 amide bonds. The Morgan fingerprint density at radius 1 is 1.24 bits per heavy atom. The van der Waals surface area contributed by atoms with Gasteiger partial charge in [0.15, 0.2) is 0 Å². The Morgan fingerprint density at radius 3 is 2.76 bits per heavy atom. The topological polar surface area (TPSA) is 71.4 Å². The Balaban J connectivity index is 1.51. The number of hydrogen-bond acceptors (Lipinski definition) is 4. The van der Waals surface area contributed by atoms with Crippen molar-refractivity contribution in [1.82, 2.24) is 20.0 Å². The third-order valence-electron chi connectivity index (χ3n) is 4.38. The fourth-order valence-electron chi connectivity index (χ4n) is 2.91. The number of hydrogen-bond donors (Lipinski definition) is 2. The highest BCUT2D eigenvalue weighted by molar-refractivity contribution is 5.88. The summed E-state index contributed by atoms with van der Waals surface area (Å²) < 4.78 is 7.13. The molecule has 1 atom stereocenters. The van der Waals surface area contributed by atoms with E-state index in [1.54, 1.807) is 12.3 Å². The van der Waals surface area contributed by atoms with Crippen molar-refractivity contribution in [2.45, 2.75) is 13.0 Å². The molecule has 1 fully saturated rings. The molecule has 1 aromatic carbocycles. The number of aromatic nitrogens is 2. The van der Waals surface area contributed by atoms with Gasteiger partial charge in [-0.3, -0.25) is 10.2 Å². The van der Waals surface area contributed by atoms with E-state index in [1.807, 2.05) is 22.9 Å². The molecule has 2 N–H and O–H groups in total. The summed E-state index contributed by atoms with van der Waals surface area (Å²) in [5.74, 6) is 0.681. The number of nitrogens with one attached hydrogen (secondary N) is 2. The Bertz CT molecular complexity index is 667. The van der Waals surface area contributed by atoms with E-state index in [0.29, 0.717) is 12.4 Å².